The van der Waals surface area contributed by atoms with E-state index < -0.39 is 11.5 Å². The highest BCUT2D eigenvalue weighted by Crippen LogP contribution is 2.27. The van der Waals surface area contributed by atoms with Crippen LogP contribution in [-0.4, -0.2) is 18.5 Å². The molecule has 2 aromatic rings. The second kappa shape index (κ2) is 6.32. The molecule has 1 atom stereocenters. The molecule has 0 aliphatic heterocycles. The zero-order chi connectivity index (χ0) is 15.5. The molecule has 0 bridgehead atoms. The van der Waals surface area contributed by atoms with Crippen LogP contribution in [0.3, 0.4) is 0 Å². The van der Waals surface area contributed by atoms with Crippen molar-refractivity contribution in [1.82, 2.24) is 5.32 Å². The van der Waals surface area contributed by atoms with Crippen LogP contribution in [0.2, 0.25) is 0 Å². The van der Waals surface area contributed by atoms with Crippen LogP contribution in [0.5, 0.6) is 0 Å². The number of rotatable bonds is 4. The quantitative estimate of drug-likeness (QED) is 0.846. The summed E-state index contributed by atoms with van der Waals surface area (Å²) in [5.41, 5.74) is 5.70. The lowest BCUT2D eigenvalue weighted by Gasteiger charge is -2.22. The fourth-order valence-electron chi connectivity index (χ4n) is 3.20. The average molecular weight is 300 g/mol. The summed E-state index contributed by atoms with van der Waals surface area (Å²) in [7, 11) is 0. The van der Waals surface area contributed by atoms with E-state index in [0.717, 1.165) is 18.2 Å². The molecule has 1 unspecified atom stereocenters. The number of nitrogens with two attached hydrogens (primary N) is 1. The number of benzene rings is 1. The number of hydrogen-bond donors (Lipinski definition) is 2. The van der Waals surface area contributed by atoms with Gasteiger partial charge in [-0.05, 0) is 30.9 Å². The van der Waals surface area contributed by atoms with Crippen LogP contribution in [-0.2, 0) is 0 Å². The monoisotopic (exact) mass is 300 g/mol. The Labute approximate surface area is 128 Å². The SMILES string of the molecule is NCC(NC(=O)c1cc2ccccc2oc1=O)C1CCCC1. The first-order valence-corrected chi connectivity index (χ1v) is 7.73. The van der Waals surface area contributed by atoms with Crippen molar-refractivity contribution in [2.24, 2.45) is 11.7 Å². The van der Waals surface area contributed by atoms with E-state index in [2.05, 4.69) is 5.32 Å². The summed E-state index contributed by atoms with van der Waals surface area (Å²) in [5, 5.41) is 3.64. The van der Waals surface area contributed by atoms with E-state index in [1.54, 1.807) is 18.2 Å². The van der Waals surface area contributed by atoms with Crippen molar-refractivity contribution in [2.75, 3.05) is 6.54 Å². The summed E-state index contributed by atoms with van der Waals surface area (Å²) in [6.07, 6.45) is 4.51. The van der Waals surface area contributed by atoms with Gasteiger partial charge >= 0.3 is 5.63 Å². The Morgan fingerprint density at radius 3 is 2.77 bits per heavy atom. The highest BCUT2D eigenvalue weighted by molar-refractivity contribution is 5.96. The smallest absolute Gasteiger partial charge is 0.349 e. The molecule has 3 rings (SSSR count). The maximum atomic E-state index is 12.4. The molecule has 1 heterocycles. The normalized spacial score (nSPS) is 16.8. The van der Waals surface area contributed by atoms with E-state index in [1.807, 2.05) is 12.1 Å². The maximum Gasteiger partial charge on any atom is 0.349 e. The van der Waals surface area contributed by atoms with Gasteiger partial charge in [-0.1, -0.05) is 31.0 Å². The summed E-state index contributed by atoms with van der Waals surface area (Å²) in [5.74, 6) is 0.00306. The summed E-state index contributed by atoms with van der Waals surface area (Å²) in [6.45, 7) is 0.384. The molecule has 1 aromatic carbocycles. The topological polar surface area (TPSA) is 85.3 Å². The van der Waals surface area contributed by atoms with E-state index in [0.29, 0.717) is 18.0 Å². The molecule has 1 aliphatic rings. The third kappa shape index (κ3) is 2.90. The minimum atomic E-state index is -0.613. The van der Waals surface area contributed by atoms with Crippen LogP contribution in [0.15, 0.2) is 39.5 Å². The first-order chi connectivity index (χ1) is 10.7. The molecule has 1 fully saturated rings. The van der Waals surface area contributed by atoms with Crippen molar-refractivity contribution in [2.45, 2.75) is 31.7 Å². The third-order valence-electron chi connectivity index (χ3n) is 4.43. The molecule has 1 aliphatic carbocycles. The maximum absolute atomic E-state index is 12.4. The molecule has 1 saturated carbocycles. The molecular weight excluding hydrogens is 280 g/mol. The lowest BCUT2D eigenvalue weighted by atomic mass is 9.98. The van der Waals surface area contributed by atoms with Gasteiger partial charge in [-0.15, -0.1) is 0 Å². The Hall–Kier alpha value is -2.14. The van der Waals surface area contributed by atoms with Gasteiger partial charge < -0.3 is 15.5 Å². The van der Waals surface area contributed by atoms with Gasteiger partial charge in [0.25, 0.3) is 5.91 Å². The van der Waals surface area contributed by atoms with E-state index in [9.17, 15) is 9.59 Å². The van der Waals surface area contributed by atoms with Crippen LogP contribution in [0.1, 0.15) is 36.0 Å². The van der Waals surface area contributed by atoms with Gasteiger partial charge in [0.15, 0.2) is 0 Å². The second-order valence-corrected chi connectivity index (χ2v) is 5.85. The minimum absolute atomic E-state index is 0.0372. The Bertz CT molecular complexity index is 732. The summed E-state index contributed by atoms with van der Waals surface area (Å²) in [6, 6.07) is 8.65. The Morgan fingerprint density at radius 2 is 2.05 bits per heavy atom. The van der Waals surface area contributed by atoms with Crippen LogP contribution < -0.4 is 16.7 Å². The van der Waals surface area contributed by atoms with Gasteiger partial charge in [0, 0.05) is 18.0 Å². The van der Waals surface area contributed by atoms with Crippen LogP contribution in [0.25, 0.3) is 11.0 Å². The zero-order valence-electron chi connectivity index (χ0n) is 12.4. The van der Waals surface area contributed by atoms with Crippen molar-refractivity contribution in [3.8, 4) is 0 Å². The Morgan fingerprint density at radius 1 is 1.32 bits per heavy atom. The highest BCUT2D eigenvalue weighted by atomic mass is 16.4. The fourth-order valence-corrected chi connectivity index (χ4v) is 3.20. The van der Waals surface area contributed by atoms with Gasteiger partial charge in [-0.2, -0.15) is 0 Å². The van der Waals surface area contributed by atoms with Crippen molar-refractivity contribution in [3.05, 3.63) is 46.3 Å². The second-order valence-electron chi connectivity index (χ2n) is 5.85. The molecule has 5 heteroatoms. The lowest BCUT2D eigenvalue weighted by Crippen LogP contribution is -2.45. The van der Waals surface area contributed by atoms with Crippen LogP contribution in [0.4, 0.5) is 0 Å². The lowest BCUT2D eigenvalue weighted by molar-refractivity contribution is 0.0920. The van der Waals surface area contributed by atoms with Gasteiger partial charge in [-0.3, -0.25) is 4.79 Å². The molecule has 0 spiro atoms. The average Bonchev–Trinajstić information content (AvgIpc) is 3.06. The number of para-hydroxylation sites is 1. The Balaban J connectivity index is 1.84. The molecule has 0 radical (unpaired) electrons. The van der Waals surface area contributed by atoms with E-state index in [4.69, 9.17) is 10.2 Å². The van der Waals surface area contributed by atoms with E-state index >= 15 is 0 Å². The number of amides is 1. The van der Waals surface area contributed by atoms with Crippen LogP contribution >= 0.6 is 0 Å². The molecule has 0 saturated heterocycles. The molecule has 1 aromatic heterocycles. The predicted molar refractivity (Wildman–Crippen MR) is 84.8 cm³/mol. The zero-order valence-corrected chi connectivity index (χ0v) is 12.4. The minimum Gasteiger partial charge on any atom is -0.422 e. The van der Waals surface area contributed by atoms with Crippen molar-refractivity contribution < 1.29 is 9.21 Å². The summed E-state index contributed by atoms with van der Waals surface area (Å²) < 4.78 is 5.21. The first kappa shape index (κ1) is 14.8. The highest BCUT2D eigenvalue weighted by Gasteiger charge is 2.26. The van der Waals surface area contributed by atoms with Gasteiger partial charge in [-0.25, -0.2) is 4.79 Å². The van der Waals surface area contributed by atoms with Gasteiger partial charge in [0.1, 0.15) is 11.1 Å². The molecule has 3 N–H and O–H groups in total. The van der Waals surface area contributed by atoms with Crippen molar-refractivity contribution in [3.63, 3.8) is 0 Å². The summed E-state index contributed by atoms with van der Waals surface area (Å²) in [4.78, 5) is 24.4. The van der Waals surface area contributed by atoms with Gasteiger partial charge in [0.05, 0.1) is 0 Å². The van der Waals surface area contributed by atoms with Crippen molar-refractivity contribution >= 4 is 16.9 Å². The number of nitrogens with one attached hydrogen (secondary N) is 1. The fraction of sp³-hybridized carbons (Fsp3) is 0.412. The first-order valence-electron chi connectivity index (χ1n) is 7.73. The number of hydrogen-bond acceptors (Lipinski definition) is 4. The molecule has 1 amide bonds. The Kier molecular flexibility index (Phi) is 4.24. The molecule has 5 nitrogen and oxygen atoms in total. The largest absolute Gasteiger partial charge is 0.422 e. The number of carbonyl (C=O) groups excluding carboxylic acids is 1. The predicted octanol–water partition coefficient (Wildman–Crippen LogP) is 2.04. The van der Waals surface area contributed by atoms with Gasteiger partial charge in [0.2, 0.25) is 0 Å². The number of fused-ring (bicyclic) bond motifs is 1. The molecule has 116 valence electrons. The van der Waals surface area contributed by atoms with E-state index in [-0.39, 0.29) is 11.6 Å². The number of carbonyl (C=O) groups is 1. The molecule has 22 heavy (non-hydrogen) atoms. The third-order valence-corrected chi connectivity index (χ3v) is 4.43. The molecular formula is C17H20N2O3. The summed E-state index contributed by atoms with van der Waals surface area (Å²) >= 11 is 0. The van der Waals surface area contributed by atoms with Crippen LogP contribution in [0, 0.1) is 5.92 Å². The standard InChI is InChI=1S/C17H20N2O3/c18-10-14(11-5-1-2-6-11)19-16(20)13-9-12-7-3-4-8-15(12)22-17(13)21/h3-4,7-9,11,14H,1-2,5-6,10,18H2,(H,19,20). The van der Waals surface area contributed by atoms with Crippen molar-refractivity contribution in [1.29, 1.82) is 0 Å². The van der Waals surface area contributed by atoms with E-state index in [1.165, 1.54) is 12.8 Å².